The van der Waals surface area contributed by atoms with Crippen LogP contribution in [-0.2, 0) is 9.59 Å². The fourth-order valence-electron chi connectivity index (χ4n) is 3.15. The van der Waals surface area contributed by atoms with Gasteiger partial charge in [-0.05, 0) is 31.7 Å². The highest BCUT2D eigenvalue weighted by atomic mass is 16.2. The highest BCUT2D eigenvalue weighted by Gasteiger charge is 2.29. The van der Waals surface area contributed by atoms with E-state index in [9.17, 15) is 9.59 Å². The van der Waals surface area contributed by atoms with E-state index in [1.165, 1.54) is 6.42 Å². The van der Waals surface area contributed by atoms with E-state index in [1.54, 1.807) is 19.0 Å². The van der Waals surface area contributed by atoms with Gasteiger partial charge in [0.15, 0.2) is 0 Å². The second kappa shape index (κ2) is 8.25. The monoisotopic (exact) mass is 283 g/mol. The molecule has 0 radical (unpaired) electrons. The van der Waals surface area contributed by atoms with Gasteiger partial charge >= 0.3 is 0 Å². The van der Waals surface area contributed by atoms with E-state index < -0.39 is 0 Å². The van der Waals surface area contributed by atoms with Crippen molar-refractivity contribution < 1.29 is 9.59 Å². The maximum absolute atomic E-state index is 12.5. The average molecular weight is 283 g/mol. The van der Waals surface area contributed by atoms with E-state index in [4.69, 9.17) is 5.73 Å². The van der Waals surface area contributed by atoms with Gasteiger partial charge in [0, 0.05) is 26.6 Å². The summed E-state index contributed by atoms with van der Waals surface area (Å²) in [6.45, 7) is 3.03. The largest absolute Gasteiger partial charge is 0.359 e. The van der Waals surface area contributed by atoms with Crippen molar-refractivity contribution in [2.24, 2.45) is 23.5 Å². The number of carbonyl (C=O) groups excluding carboxylic acids is 2. The van der Waals surface area contributed by atoms with Crippen LogP contribution < -0.4 is 11.1 Å². The minimum absolute atomic E-state index is 0.0192. The molecule has 3 unspecified atom stereocenters. The van der Waals surface area contributed by atoms with Crippen LogP contribution in [0.15, 0.2) is 0 Å². The number of nitrogens with one attached hydrogen (secondary N) is 1. The third kappa shape index (κ3) is 4.78. The summed E-state index contributed by atoms with van der Waals surface area (Å²) in [7, 11) is 3.42. The third-order valence-electron chi connectivity index (χ3n) is 4.32. The quantitative estimate of drug-likeness (QED) is 0.763. The van der Waals surface area contributed by atoms with Crippen molar-refractivity contribution >= 4 is 11.8 Å². The van der Waals surface area contributed by atoms with Crippen molar-refractivity contribution in [3.63, 3.8) is 0 Å². The van der Waals surface area contributed by atoms with E-state index in [0.29, 0.717) is 19.0 Å². The van der Waals surface area contributed by atoms with Crippen LogP contribution in [0.25, 0.3) is 0 Å². The van der Waals surface area contributed by atoms with E-state index in [2.05, 4.69) is 5.32 Å². The lowest BCUT2D eigenvalue weighted by Crippen LogP contribution is -2.41. The van der Waals surface area contributed by atoms with Crippen molar-refractivity contribution in [3.8, 4) is 0 Å². The summed E-state index contributed by atoms with van der Waals surface area (Å²) in [4.78, 5) is 25.7. The summed E-state index contributed by atoms with van der Waals surface area (Å²) in [5.41, 5.74) is 5.62. The Balaban J connectivity index is 2.49. The molecule has 2 amide bonds. The molecular weight excluding hydrogens is 254 g/mol. The van der Waals surface area contributed by atoms with Crippen molar-refractivity contribution in [2.75, 3.05) is 27.2 Å². The molecule has 3 N–H and O–H groups in total. The molecule has 1 fully saturated rings. The molecule has 3 atom stereocenters. The number of amides is 2. The molecule has 1 aliphatic rings. The lowest BCUT2D eigenvalue weighted by Gasteiger charge is -2.31. The van der Waals surface area contributed by atoms with E-state index >= 15 is 0 Å². The molecule has 1 aliphatic carbocycles. The maximum atomic E-state index is 12.5. The Morgan fingerprint density at radius 1 is 1.40 bits per heavy atom. The Morgan fingerprint density at radius 2 is 2.10 bits per heavy atom. The van der Waals surface area contributed by atoms with Crippen LogP contribution in [0.4, 0.5) is 0 Å². The van der Waals surface area contributed by atoms with Gasteiger partial charge in [-0.2, -0.15) is 0 Å². The summed E-state index contributed by atoms with van der Waals surface area (Å²) in [5.74, 6) is 0.698. The van der Waals surface area contributed by atoms with E-state index in [1.807, 2.05) is 6.92 Å². The number of carbonyl (C=O) groups is 2. The van der Waals surface area contributed by atoms with Gasteiger partial charge in [0.05, 0.1) is 5.92 Å². The van der Waals surface area contributed by atoms with Crippen LogP contribution in [-0.4, -0.2) is 43.9 Å². The lowest BCUT2D eigenvalue weighted by molar-refractivity contribution is -0.137. The van der Waals surface area contributed by atoms with Crippen LogP contribution in [0.1, 0.15) is 39.0 Å². The third-order valence-corrected chi connectivity index (χ3v) is 4.32. The molecule has 0 aliphatic heterocycles. The number of rotatable bonds is 6. The van der Waals surface area contributed by atoms with Crippen molar-refractivity contribution in [3.05, 3.63) is 0 Å². The van der Waals surface area contributed by atoms with Crippen LogP contribution in [0.5, 0.6) is 0 Å². The van der Waals surface area contributed by atoms with Gasteiger partial charge in [-0.25, -0.2) is 0 Å². The Morgan fingerprint density at radius 3 is 2.70 bits per heavy atom. The molecule has 5 nitrogen and oxygen atoms in total. The molecule has 0 saturated heterocycles. The van der Waals surface area contributed by atoms with Crippen LogP contribution in [0.3, 0.4) is 0 Å². The van der Waals surface area contributed by atoms with Crippen LogP contribution in [0, 0.1) is 17.8 Å². The Hall–Kier alpha value is -1.10. The highest BCUT2D eigenvalue weighted by molar-refractivity contribution is 5.81. The Labute approximate surface area is 122 Å². The predicted octanol–water partition coefficient (Wildman–Crippen LogP) is 0.982. The molecule has 0 aromatic carbocycles. The number of hydrogen-bond donors (Lipinski definition) is 2. The van der Waals surface area contributed by atoms with Crippen molar-refractivity contribution in [1.82, 2.24) is 10.2 Å². The summed E-state index contributed by atoms with van der Waals surface area (Å²) in [6, 6.07) is 0. The van der Waals surface area contributed by atoms with Gasteiger partial charge in [0.1, 0.15) is 0 Å². The van der Waals surface area contributed by atoms with Gasteiger partial charge in [-0.3, -0.25) is 9.59 Å². The molecule has 5 heteroatoms. The second-order valence-corrected chi connectivity index (χ2v) is 6.04. The fraction of sp³-hybridized carbons (Fsp3) is 0.867. The van der Waals surface area contributed by atoms with Gasteiger partial charge in [0.2, 0.25) is 11.8 Å². The van der Waals surface area contributed by atoms with Crippen molar-refractivity contribution in [2.45, 2.75) is 39.0 Å². The van der Waals surface area contributed by atoms with E-state index in [0.717, 1.165) is 25.7 Å². The molecule has 1 saturated carbocycles. The number of nitrogens with two attached hydrogens (primary N) is 1. The summed E-state index contributed by atoms with van der Waals surface area (Å²) >= 11 is 0. The van der Waals surface area contributed by atoms with Gasteiger partial charge < -0.3 is 16.0 Å². The van der Waals surface area contributed by atoms with Gasteiger partial charge in [-0.1, -0.05) is 19.8 Å². The average Bonchev–Trinajstić information content (AvgIpc) is 2.46. The first-order valence-corrected chi connectivity index (χ1v) is 7.66. The zero-order valence-electron chi connectivity index (χ0n) is 13.0. The normalized spacial score (nSPS) is 24.0. The zero-order chi connectivity index (χ0) is 15.1. The summed E-state index contributed by atoms with van der Waals surface area (Å²) in [6.07, 6.45) is 5.24. The molecule has 20 heavy (non-hydrogen) atoms. The van der Waals surface area contributed by atoms with Crippen molar-refractivity contribution in [1.29, 1.82) is 0 Å². The number of hydrogen-bond acceptors (Lipinski definition) is 3. The van der Waals surface area contributed by atoms with Gasteiger partial charge in [-0.15, -0.1) is 0 Å². The first-order valence-electron chi connectivity index (χ1n) is 7.66. The minimum atomic E-state index is -0.169. The van der Waals surface area contributed by atoms with Crippen LogP contribution >= 0.6 is 0 Å². The van der Waals surface area contributed by atoms with Gasteiger partial charge in [0.25, 0.3) is 0 Å². The second-order valence-electron chi connectivity index (χ2n) is 6.04. The summed E-state index contributed by atoms with van der Waals surface area (Å²) < 4.78 is 0. The molecule has 1 rings (SSSR count). The first-order chi connectivity index (χ1) is 9.49. The Bertz CT molecular complexity index is 331. The molecule has 0 aromatic rings. The molecule has 0 spiro atoms. The summed E-state index contributed by atoms with van der Waals surface area (Å²) in [5, 5.41) is 2.62. The Kier molecular flexibility index (Phi) is 6.99. The molecule has 116 valence electrons. The minimum Gasteiger partial charge on any atom is -0.359 e. The highest BCUT2D eigenvalue weighted by Crippen LogP contribution is 2.31. The lowest BCUT2D eigenvalue weighted by atomic mass is 9.79. The molecule has 0 aromatic heterocycles. The topological polar surface area (TPSA) is 75.4 Å². The van der Waals surface area contributed by atoms with Crippen LogP contribution in [0.2, 0.25) is 0 Å². The maximum Gasteiger partial charge on any atom is 0.225 e. The first kappa shape index (κ1) is 17.0. The van der Waals surface area contributed by atoms with E-state index in [-0.39, 0.29) is 23.7 Å². The smallest absolute Gasteiger partial charge is 0.225 e. The SMILES string of the molecule is CNC(=O)C(C)CN(C)C(=O)C1CCCC(CCN)C1. The molecular formula is C15H29N3O2. The predicted molar refractivity (Wildman–Crippen MR) is 80.0 cm³/mol. The molecule has 0 bridgehead atoms. The zero-order valence-corrected chi connectivity index (χ0v) is 13.0. The standard InChI is InChI=1S/C15H29N3O2/c1-11(14(19)17-2)10-18(3)15(20)13-6-4-5-12(9-13)7-8-16/h11-13H,4-10,16H2,1-3H3,(H,17,19). The fourth-order valence-corrected chi connectivity index (χ4v) is 3.15. The molecule has 0 heterocycles. The number of nitrogens with zero attached hydrogens (tertiary/aromatic N) is 1.